The van der Waals surface area contributed by atoms with Crippen LogP contribution in [0.4, 0.5) is 5.69 Å². The van der Waals surface area contributed by atoms with Gasteiger partial charge in [-0.15, -0.1) is 0 Å². The molecule has 0 spiro atoms. The Hall–Kier alpha value is -2.33. The lowest BCUT2D eigenvalue weighted by atomic mass is 10.0. The van der Waals surface area contributed by atoms with Gasteiger partial charge in [-0.2, -0.15) is 0 Å². The van der Waals surface area contributed by atoms with E-state index in [1.165, 1.54) is 6.08 Å². The Bertz CT molecular complexity index is 676. The van der Waals surface area contributed by atoms with Crippen LogP contribution in [0.1, 0.15) is 13.8 Å². The van der Waals surface area contributed by atoms with Crippen molar-refractivity contribution in [3.05, 3.63) is 54.6 Å². The molecule has 0 radical (unpaired) electrons. The Morgan fingerprint density at radius 1 is 1.27 bits per heavy atom. The number of rotatable bonds is 6. The predicted molar refractivity (Wildman–Crippen MR) is 88.8 cm³/mol. The first-order chi connectivity index (χ1) is 10.6. The fourth-order valence-electron chi connectivity index (χ4n) is 2.22. The molecule has 1 unspecified atom stereocenters. The first-order valence-electron chi connectivity index (χ1n) is 7.31. The Labute approximate surface area is 130 Å². The van der Waals surface area contributed by atoms with Crippen molar-refractivity contribution in [2.45, 2.75) is 19.4 Å². The highest BCUT2D eigenvalue weighted by molar-refractivity contribution is 5.94. The molecule has 0 bridgehead atoms. The molecule has 116 valence electrons. The van der Waals surface area contributed by atoms with Crippen LogP contribution in [0.3, 0.4) is 0 Å². The van der Waals surface area contributed by atoms with Crippen molar-refractivity contribution < 1.29 is 14.6 Å². The van der Waals surface area contributed by atoms with Crippen molar-refractivity contribution in [2.75, 3.05) is 18.5 Å². The molecule has 0 heterocycles. The second-order valence-corrected chi connectivity index (χ2v) is 5.31. The molecule has 22 heavy (non-hydrogen) atoms. The number of benzene rings is 2. The van der Waals surface area contributed by atoms with Gasteiger partial charge in [0.2, 0.25) is 0 Å². The highest BCUT2D eigenvalue weighted by Crippen LogP contribution is 2.26. The van der Waals surface area contributed by atoms with Gasteiger partial charge in [0.1, 0.15) is 0 Å². The lowest BCUT2D eigenvalue weighted by molar-refractivity contribution is -0.137. The van der Waals surface area contributed by atoms with Crippen LogP contribution >= 0.6 is 0 Å². The third-order valence-corrected chi connectivity index (χ3v) is 3.41. The minimum atomic E-state index is -0.753. The Balaban J connectivity index is 2.26. The first kappa shape index (κ1) is 16.0. The van der Waals surface area contributed by atoms with E-state index in [0.29, 0.717) is 6.61 Å². The van der Waals surface area contributed by atoms with Gasteiger partial charge in [0, 0.05) is 17.1 Å². The minimum absolute atomic E-state index is 0.147. The normalized spacial score (nSPS) is 14.0. The standard InChI is InChI=1S/C18H21NO3/c1-3-22-17(21)11-12-18(2,13-20)19-16-10-6-8-14-7-4-5-9-15(14)16/h4-12,19-20H,3,13H2,1-2H3/b12-11+. The van der Waals surface area contributed by atoms with Crippen molar-refractivity contribution in [3.8, 4) is 0 Å². The summed E-state index contributed by atoms with van der Waals surface area (Å²) in [6.45, 7) is 3.76. The molecule has 0 aliphatic rings. The largest absolute Gasteiger partial charge is 0.463 e. The number of hydrogen-bond donors (Lipinski definition) is 2. The maximum Gasteiger partial charge on any atom is 0.330 e. The fraction of sp³-hybridized carbons (Fsp3) is 0.278. The van der Waals surface area contributed by atoms with Crippen LogP contribution in [-0.2, 0) is 9.53 Å². The van der Waals surface area contributed by atoms with Gasteiger partial charge in [0.05, 0.1) is 18.8 Å². The monoisotopic (exact) mass is 299 g/mol. The number of fused-ring (bicyclic) bond motifs is 1. The second kappa shape index (κ2) is 7.09. The van der Waals surface area contributed by atoms with Gasteiger partial charge < -0.3 is 15.2 Å². The SMILES string of the molecule is CCOC(=O)/C=C/C(C)(CO)Nc1cccc2ccccc12. The summed E-state index contributed by atoms with van der Waals surface area (Å²) in [5.41, 5.74) is 0.153. The van der Waals surface area contributed by atoms with Gasteiger partial charge in [-0.25, -0.2) is 4.79 Å². The van der Waals surface area contributed by atoms with Crippen LogP contribution in [0.5, 0.6) is 0 Å². The highest BCUT2D eigenvalue weighted by atomic mass is 16.5. The zero-order valence-corrected chi connectivity index (χ0v) is 12.9. The Morgan fingerprint density at radius 2 is 2.00 bits per heavy atom. The molecule has 2 aromatic carbocycles. The molecule has 0 aromatic heterocycles. The molecule has 2 N–H and O–H groups in total. The minimum Gasteiger partial charge on any atom is -0.463 e. The van der Waals surface area contributed by atoms with Crippen LogP contribution in [0.15, 0.2) is 54.6 Å². The summed E-state index contributed by atoms with van der Waals surface area (Å²) in [6, 6.07) is 13.9. The zero-order valence-electron chi connectivity index (χ0n) is 12.9. The average molecular weight is 299 g/mol. The topological polar surface area (TPSA) is 58.6 Å². The molecule has 2 rings (SSSR count). The van der Waals surface area contributed by atoms with Crippen molar-refractivity contribution in [3.63, 3.8) is 0 Å². The van der Waals surface area contributed by atoms with E-state index in [0.717, 1.165) is 16.5 Å². The number of ether oxygens (including phenoxy) is 1. The van der Waals surface area contributed by atoms with E-state index in [4.69, 9.17) is 4.74 Å². The summed E-state index contributed by atoms with van der Waals surface area (Å²) in [6.07, 6.45) is 2.98. The molecule has 0 aliphatic heterocycles. The lowest BCUT2D eigenvalue weighted by Gasteiger charge is -2.27. The Morgan fingerprint density at radius 3 is 2.73 bits per heavy atom. The smallest absolute Gasteiger partial charge is 0.330 e. The molecule has 2 aromatic rings. The van der Waals surface area contributed by atoms with Crippen LogP contribution in [-0.4, -0.2) is 29.8 Å². The van der Waals surface area contributed by atoms with Gasteiger partial charge in [0.15, 0.2) is 0 Å². The van der Waals surface area contributed by atoms with E-state index >= 15 is 0 Å². The molecule has 0 amide bonds. The molecular weight excluding hydrogens is 278 g/mol. The van der Waals surface area contributed by atoms with Gasteiger partial charge in [0.25, 0.3) is 0 Å². The number of anilines is 1. The molecule has 1 atom stereocenters. The van der Waals surface area contributed by atoms with Crippen molar-refractivity contribution in [1.82, 2.24) is 0 Å². The summed E-state index contributed by atoms with van der Waals surface area (Å²) in [5, 5.41) is 15.2. The third kappa shape index (κ3) is 3.86. The van der Waals surface area contributed by atoms with Gasteiger partial charge in [-0.1, -0.05) is 42.5 Å². The summed E-state index contributed by atoms with van der Waals surface area (Å²) in [7, 11) is 0. The molecule has 0 saturated carbocycles. The fourth-order valence-corrected chi connectivity index (χ4v) is 2.22. The van der Waals surface area contributed by atoms with E-state index in [1.807, 2.05) is 49.4 Å². The van der Waals surface area contributed by atoms with E-state index in [2.05, 4.69) is 5.32 Å². The molecule has 4 heteroatoms. The van der Waals surface area contributed by atoms with Gasteiger partial charge in [-0.3, -0.25) is 0 Å². The average Bonchev–Trinajstić information content (AvgIpc) is 2.54. The van der Waals surface area contributed by atoms with Gasteiger partial charge >= 0.3 is 5.97 Å². The summed E-state index contributed by atoms with van der Waals surface area (Å²) in [5.74, 6) is -0.415. The van der Waals surface area contributed by atoms with Crippen molar-refractivity contribution >= 4 is 22.4 Å². The number of aliphatic hydroxyl groups is 1. The third-order valence-electron chi connectivity index (χ3n) is 3.41. The van der Waals surface area contributed by atoms with E-state index in [9.17, 15) is 9.90 Å². The van der Waals surface area contributed by atoms with Crippen LogP contribution in [0.2, 0.25) is 0 Å². The number of esters is 1. The zero-order chi connectivity index (χ0) is 16.0. The van der Waals surface area contributed by atoms with Crippen LogP contribution in [0, 0.1) is 0 Å². The summed E-state index contributed by atoms with van der Waals surface area (Å²) >= 11 is 0. The maximum atomic E-state index is 11.5. The van der Waals surface area contributed by atoms with Crippen LogP contribution < -0.4 is 5.32 Å². The van der Waals surface area contributed by atoms with Crippen LogP contribution in [0.25, 0.3) is 10.8 Å². The summed E-state index contributed by atoms with van der Waals surface area (Å²) < 4.78 is 4.87. The molecular formula is C18H21NO3. The summed E-state index contributed by atoms with van der Waals surface area (Å²) in [4.78, 5) is 11.5. The maximum absolute atomic E-state index is 11.5. The first-order valence-corrected chi connectivity index (χ1v) is 7.31. The van der Waals surface area contributed by atoms with Gasteiger partial charge in [-0.05, 0) is 25.3 Å². The van der Waals surface area contributed by atoms with Crippen molar-refractivity contribution in [1.29, 1.82) is 0 Å². The quantitative estimate of drug-likeness (QED) is 0.635. The van der Waals surface area contributed by atoms with Crippen molar-refractivity contribution in [2.24, 2.45) is 0 Å². The number of carbonyl (C=O) groups is 1. The molecule has 0 aliphatic carbocycles. The number of carbonyl (C=O) groups excluding carboxylic acids is 1. The number of nitrogens with one attached hydrogen (secondary N) is 1. The van der Waals surface area contributed by atoms with E-state index in [1.54, 1.807) is 13.0 Å². The Kier molecular flexibility index (Phi) is 5.17. The molecule has 0 fully saturated rings. The lowest BCUT2D eigenvalue weighted by Crippen LogP contribution is -2.36. The van der Waals surface area contributed by atoms with E-state index < -0.39 is 11.5 Å². The van der Waals surface area contributed by atoms with E-state index in [-0.39, 0.29) is 6.61 Å². The highest BCUT2D eigenvalue weighted by Gasteiger charge is 2.20. The predicted octanol–water partition coefficient (Wildman–Crippen LogP) is 3.12. The second-order valence-electron chi connectivity index (χ2n) is 5.31. The number of aliphatic hydroxyl groups excluding tert-OH is 1. The molecule has 4 nitrogen and oxygen atoms in total. The molecule has 0 saturated heterocycles. The number of hydrogen-bond acceptors (Lipinski definition) is 4.